The number of aromatic nitrogens is 1. The highest BCUT2D eigenvalue weighted by atomic mass is 16.4. The SMILES string of the molecule is CC(Cc1cc2ccccc2n1C1CCC1)C(=O)O. The minimum Gasteiger partial charge on any atom is -0.481 e. The van der Waals surface area contributed by atoms with E-state index in [1.54, 1.807) is 6.92 Å². The van der Waals surface area contributed by atoms with Crippen LogP contribution in [0.1, 0.15) is 37.9 Å². The van der Waals surface area contributed by atoms with Crippen LogP contribution in [-0.4, -0.2) is 15.6 Å². The van der Waals surface area contributed by atoms with Crippen LogP contribution in [0.15, 0.2) is 30.3 Å². The number of fused-ring (bicyclic) bond motifs is 1. The van der Waals surface area contributed by atoms with Crippen molar-refractivity contribution >= 4 is 16.9 Å². The molecule has 1 unspecified atom stereocenters. The highest BCUT2D eigenvalue weighted by Crippen LogP contribution is 2.37. The average molecular weight is 257 g/mol. The van der Waals surface area contributed by atoms with Gasteiger partial charge in [0.15, 0.2) is 0 Å². The van der Waals surface area contributed by atoms with Gasteiger partial charge in [-0.1, -0.05) is 25.1 Å². The Bertz CT molecular complexity index is 610. The van der Waals surface area contributed by atoms with Crippen molar-refractivity contribution in [2.75, 3.05) is 0 Å². The molecule has 19 heavy (non-hydrogen) atoms. The summed E-state index contributed by atoms with van der Waals surface area (Å²) in [6, 6.07) is 11.1. The third-order valence-corrected chi connectivity index (χ3v) is 4.20. The second-order valence-corrected chi connectivity index (χ2v) is 5.59. The molecule has 3 nitrogen and oxygen atoms in total. The molecule has 0 radical (unpaired) electrons. The van der Waals surface area contributed by atoms with Gasteiger partial charge in [0, 0.05) is 23.7 Å². The van der Waals surface area contributed by atoms with E-state index in [4.69, 9.17) is 5.11 Å². The van der Waals surface area contributed by atoms with Gasteiger partial charge >= 0.3 is 5.97 Å². The Balaban J connectivity index is 2.04. The average Bonchev–Trinajstić information content (AvgIpc) is 2.66. The molecule has 0 amide bonds. The van der Waals surface area contributed by atoms with Crippen molar-refractivity contribution in [3.63, 3.8) is 0 Å². The Morgan fingerprint density at radius 1 is 1.42 bits per heavy atom. The van der Waals surface area contributed by atoms with Gasteiger partial charge in [-0.15, -0.1) is 0 Å². The zero-order chi connectivity index (χ0) is 13.4. The second kappa shape index (κ2) is 4.72. The summed E-state index contributed by atoms with van der Waals surface area (Å²) in [5, 5.41) is 10.3. The molecule has 1 aliphatic rings. The molecule has 1 fully saturated rings. The summed E-state index contributed by atoms with van der Waals surface area (Å²) in [4.78, 5) is 11.1. The molecule has 0 spiro atoms. The van der Waals surface area contributed by atoms with Crippen molar-refractivity contribution in [3.05, 3.63) is 36.0 Å². The standard InChI is InChI=1S/C16H19NO2/c1-11(16(18)19)9-14-10-12-5-2-3-8-15(12)17(14)13-6-4-7-13/h2-3,5,8,10-11,13H,4,6-7,9H2,1H3,(H,18,19). The molecule has 2 aromatic rings. The number of aliphatic carboxylic acids is 1. The van der Waals surface area contributed by atoms with Crippen LogP contribution in [0.4, 0.5) is 0 Å². The van der Waals surface area contributed by atoms with Crippen LogP contribution in [-0.2, 0) is 11.2 Å². The molecule has 100 valence electrons. The number of hydrogen-bond donors (Lipinski definition) is 1. The molecule has 1 N–H and O–H groups in total. The predicted molar refractivity (Wildman–Crippen MR) is 75.3 cm³/mol. The first kappa shape index (κ1) is 12.3. The van der Waals surface area contributed by atoms with Gasteiger partial charge in [-0.2, -0.15) is 0 Å². The monoisotopic (exact) mass is 257 g/mol. The number of para-hydroxylation sites is 1. The maximum absolute atomic E-state index is 11.1. The van der Waals surface area contributed by atoms with Crippen LogP contribution in [0.3, 0.4) is 0 Å². The third-order valence-electron chi connectivity index (χ3n) is 4.20. The van der Waals surface area contributed by atoms with E-state index in [2.05, 4.69) is 28.8 Å². The van der Waals surface area contributed by atoms with Crippen LogP contribution in [0, 0.1) is 5.92 Å². The van der Waals surface area contributed by atoms with Crippen molar-refractivity contribution < 1.29 is 9.90 Å². The molecule has 0 saturated heterocycles. The normalized spacial score (nSPS) is 17.3. The molecule has 1 aromatic heterocycles. The van der Waals surface area contributed by atoms with Crippen molar-refractivity contribution in [2.24, 2.45) is 5.92 Å². The molecule has 1 aliphatic carbocycles. The lowest BCUT2D eigenvalue weighted by molar-refractivity contribution is -0.141. The minimum absolute atomic E-state index is 0.330. The second-order valence-electron chi connectivity index (χ2n) is 5.59. The molecule has 1 heterocycles. The summed E-state index contributed by atoms with van der Waals surface area (Å²) in [6.45, 7) is 1.78. The van der Waals surface area contributed by atoms with Gasteiger partial charge in [0.05, 0.1) is 5.92 Å². The van der Waals surface area contributed by atoms with E-state index < -0.39 is 5.97 Å². The smallest absolute Gasteiger partial charge is 0.306 e. The molecule has 0 aliphatic heterocycles. The highest BCUT2D eigenvalue weighted by Gasteiger charge is 2.25. The van der Waals surface area contributed by atoms with Gasteiger partial charge in [0.2, 0.25) is 0 Å². The van der Waals surface area contributed by atoms with Crippen LogP contribution >= 0.6 is 0 Å². The molecule has 1 atom stereocenters. The minimum atomic E-state index is -0.717. The van der Waals surface area contributed by atoms with Crippen LogP contribution in [0.2, 0.25) is 0 Å². The number of hydrogen-bond acceptors (Lipinski definition) is 1. The van der Waals surface area contributed by atoms with Crippen molar-refractivity contribution in [2.45, 2.75) is 38.6 Å². The quantitative estimate of drug-likeness (QED) is 0.908. The lowest BCUT2D eigenvalue weighted by Crippen LogP contribution is -2.21. The molecular weight excluding hydrogens is 238 g/mol. The molecule has 3 rings (SSSR count). The predicted octanol–water partition coefficient (Wildman–Crippen LogP) is 3.63. The molecule has 0 bridgehead atoms. The third kappa shape index (κ3) is 2.14. The fourth-order valence-corrected chi connectivity index (χ4v) is 2.87. The Morgan fingerprint density at radius 3 is 2.79 bits per heavy atom. The summed E-state index contributed by atoms with van der Waals surface area (Å²) >= 11 is 0. The van der Waals surface area contributed by atoms with E-state index >= 15 is 0 Å². The first-order valence-corrected chi connectivity index (χ1v) is 6.98. The first-order chi connectivity index (χ1) is 9.16. The summed E-state index contributed by atoms with van der Waals surface area (Å²) in [5.74, 6) is -1.05. The van der Waals surface area contributed by atoms with E-state index in [0.29, 0.717) is 12.5 Å². The van der Waals surface area contributed by atoms with E-state index in [1.807, 2.05) is 6.07 Å². The maximum atomic E-state index is 11.1. The Morgan fingerprint density at radius 2 is 2.16 bits per heavy atom. The van der Waals surface area contributed by atoms with E-state index in [1.165, 1.54) is 35.9 Å². The zero-order valence-corrected chi connectivity index (χ0v) is 11.2. The lowest BCUT2D eigenvalue weighted by Gasteiger charge is -2.30. The van der Waals surface area contributed by atoms with Gasteiger partial charge in [0.1, 0.15) is 0 Å². The molecular formula is C16H19NO2. The fourth-order valence-electron chi connectivity index (χ4n) is 2.87. The van der Waals surface area contributed by atoms with E-state index in [9.17, 15) is 4.79 Å². The van der Waals surface area contributed by atoms with Gasteiger partial charge in [-0.05, 0) is 36.8 Å². The number of carbonyl (C=O) groups is 1. The zero-order valence-electron chi connectivity index (χ0n) is 11.2. The topological polar surface area (TPSA) is 42.2 Å². The van der Waals surface area contributed by atoms with Crippen LogP contribution < -0.4 is 0 Å². The molecule has 3 heteroatoms. The Labute approximate surface area is 112 Å². The van der Waals surface area contributed by atoms with Gasteiger partial charge in [0.25, 0.3) is 0 Å². The lowest BCUT2D eigenvalue weighted by atomic mass is 9.92. The van der Waals surface area contributed by atoms with Gasteiger partial charge in [-0.3, -0.25) is 4.79 Å². The van der Waals surface area contributed by atoms with Crippen molar-refractivity contribution in [1.29, 1.82) is 0 Å². The van der Waals surface area contributed by atoms with Gasteiger partial charge in [-0.25, -0.2) is 0 Å². The Kier molecular flexibility index (Phi) is 3.05. The summed E-state index contributed by atoms with van der Waals surface area (Å²) in [6.07, 6.45) is 4.33. The van der Waals surface area contributed by atoms with Gasteiger partial charge < -0.3 is 9.67 Å². The van der Waals surface area contributed by atoms with Crippen molar-refractivity contribution in [1.82, 2.24) is 4.57 Å². The highest BCUT2D eigenvalue weighted by molar-refractivity contribution is 5.82. The number of benzene rings is 1. The van der Waals surface area contributed by atoms with E-state index in [0.717, 1.165) is 0 Å². The fraction of sp³-hybridized carbons (Fsp3) is 0.438. The first-order valence-electron chi connectivity index (χ1n) is 6.98. The number of nitrogens with zero attached hydrogens (tertiary/aromatic N) is 1. The molecule has 1 saturated carbocycles. The number of carboxylic acid groups (broad SMARTS) is 1. The number of rotatable bonds is 4. The van der Waals surface area contributed by atoms with Crippen LogP contribution in [0.25, 0.3) is 10.9 Å². The van der Waals surface area contributed by atoms with Crippen molar-refractivity contribution in [3.8, 4) is 0 Å². The van der Waals surface area contributed by atoms with E-state index in [-0.39, 0.29) is 5.92 Å². The molecule has 1 aromatic carbocycles. The van der Waals surface area contributed by atoms with Crippen LogP contribution in [0.5, 0.6) is 0 Å². The summed E-state index contributed by atoms with van der Waals surface area (Å²) in [7, 11) is 0. The maximum Gasteiger partial charge on any atom is 0.306 e. The summed E-state index contributed by atoms with van der Waals surface area (Å²) < 4.78 is 2.37. The summed E-state index contributed by atoms with van der Waals surface area (Å²) in [5.41, 5.74) is 2.42. The number of carboxylic acids is 1. The Hall–Kier alpha value is -1.77. The largest absolute Gasteiger partial charge is 0.481 e.